The van der Waals surface area contributed by atoms with Gasteiger partial charge in [-0.05, 0) is 52.9 Å². The lowest BCUT2D eigenvalue weighted by Crippen LogP contribution is -2.17. The van der Waals surface area contributed by atoms with Crippen LogP contribution < -0.4 is 0 Å². The zero-order valence-electron chi connectivity index (χ0n) is 23.8. The smallest absolute Gasteiger partial charge is 0.305 e. The van der Waals surface area contributed by atoms with Crippen LogP contribution in [0.5, 0.6) is 0 Å². The maximum absolute atomic E-state index is 13.9. The van der Waals surface area contributed by atoms with Crippen LogP contribution in [0.4, 0.5) is 4.39 Å². The van der Waals surface area contributed by atoms with E-state index in [4.69, 9.17) is 14.6 Å². The summed E-state index contributed by atoms with van der Waals surface area (Å²) in [6.45, 7) is 3.96. The molecule has 0 spiro atoms. The molecule has 0 aliphatic heterocycles. The lowest BCUT2D eigenvalue weighted by Gasteiger charge is -2.18. The monoisotopic (exact) mass is 585 g/mol. The van der Waals surface area contributed by atoms with Crippen LogP contribution in [0.3, 0.4) is 0 Å². The molecular weight excluding hydrogens is 552 g/mol. The molecule has 2 atom stereocenters. The second-order valence-corrected chi connectivity index (χ2v) is 12.6. The number of pyridine rings is 1. The number of aromatic nitrogens is 1. The van der Waals surface area contributed by atoms with E-state index < -0.39 is 32.0 Å². The van der Waals surface area contributed by atoms with Gasteiger partial charge in [0.1, 0.15) is 5.82 Å². The second-order valence-electron chi connectivity index (χ2n) is 10.3. The molecule has 0 fully saturated rings. The lowest BCUT2D eigenvalue weighted by molar-refractivity contribution is -0.138. The predicted octanol–water partition coefficient (Wildman–Crippen LogP) is 7.34. The van der Waals surface area contributed by atoms with E-state index in [1.54, 1.807) is 12.1 Å². The molecule has 0 saturated heterocycles. The summed E-state index contributed by atoms with van der Waals surface area (Å²) in [6, 6.07) is 26.2. The molecule has 4 rings (SSSR count). The summed E-state index contributed by atoms with van der Waals surface area (Å²) in [5, 5.41) is 19.1. The van der Waals surface area contributed by atoms with Crippen molar-refractivity contribution in [1.29, 1.82) is 0 Å². The Balaban J connectivity index is 1.90. The van der Waals surface area contributed by atoms with Crippen molar-refractivity contribution in [3.63, 3.8) is 0 Å². The molecule has 0 saturated carbocycles. The highest BCUT2D eigenvalue weighted by Gasteiger charge is 2.26. The van der Waals surface area contributed by atoms with E-state index in [0.29, 0.717) is 28.8 Å². The quantitative estimate of drug-likeness (QED) is 0.149. The minimum atomic E-state index is -3.73. The van der Waals surface area contributed by atoms with E-state index in [2.05, 4.69) is 29.8 Å². The number of hydrogen-bond acceptors (Lipinski definition) is 5. The Morgan fingerprint density at radius 3 is 2.31 bits per heavy atom. The van der Waals surface area contributed by atoms with Gasteiger partial charge in [-0.3, -0.25) is 14.3 Å². The summed E-state index contributed by atoms with van der Waals surface area (Å²) in [5.74, 6) is 1.32. The van der Waals surface area contributed by atoms with Gasteiger partial charge in [0.15, 0.2) is 0 Å². The van der Waals surface area contributed by atoms with Crippen molar-refractivity contribution in [3.8, 4) is 34.0 Å². The van der Waals surface area contributed by atoms with Gasteiger partial charge < -0.3 is 14.7 Å². The molecule has 1 aromatic heterocycles. The number of carboxylic acid groups (broad SMARTS) is 1. The van der Waals surface area contributed by atoms with Crippen LogP contribution in [0, 0.1) is 17.4 Å². The largest absolute Gasteiger partial charge is 0.481 e. The first-order valence-corrected chi connectivity index (χ1v) is 15.4. The minimum absolute atomic E-state index is 0.0886. The molecule has 1 heterocycles. The molecule has 3 aromatic carbocycles. The zero-order valence-corrected chi connectivity index (χ0v) is 24.6. The SMILES string of the molecule is COP(=O)(C#Cc1c(-c2ccc(F)cc2)cc(-c2ccccc2Cc2ccccc2)nc1C(C)C)CC(O)CC(=O)O. The van der Waals surface area contributed by atoms with E-state index in [-0.39, 0.29) is 11.7 Å². The third-order valence-electron chi connectivity index (χ3n) is 6.79. The summed E-state index contributed by atoms with van der Waals surface area (Å²) < 4.78 is 32.5. The molecule has 0 aliphatic carbocycles. The van der Waals surface area contributed by atoms with Crippen LogP contribution in [-0.2, 0) is 20.3 Å². The number of carbonyl (C=O) groups is 1. The topological polar surface area (TPSA) is 96.7 Å². The molecule has 2 N–H and O–H groups in total. The molecule has 0 aliphatic rings. The van der Waals surface area contributed by atoms with E-state index >= 15 is 0 Å². The van der Waals surface area contributed by atoms with Crippen molar-refractivity contribution in [3.05, 3.63) is 113 Å². The first kappa shape index (κ1) is 30.9. The van der Waals surface area contributed by atoms with Gasteiger partial charge in [0.25, 0.3) is 7.37 Å². The van der Waals surface area contributed by atoms with Crippen LogP contribution in [0.1, 0.15) is 48.6 Å². The number of rotatable bonds is 10. The molecule has 8 heteroatoms. The molecule has 0 bridgehead atoms. The third kappa shape index (κ3) is 7.80. The van der Waals surface area contributed by atoms with Gasteiger partial charge in [-0.15, -0.1) is 0 Å². The highest BCUT2D eigenvalue weighted by atomic mass is 31.2. The van der Waals surface area contributed by atoms with Gasteiger partial charge in [0.05, 0.1) is 35.6 Å². The Bertz CT molecular complexity index is 1660. The fourth-order valence-electron chi connectivity index (χ4n) is 4.70. The summed E-state index contributed by atoms with van der Waals surface area (Å²) in [6.07, 6.45) is -1.68. The molecule has 0 radical (unpaired) electrons. The fraction of sp³-hybridized carbons (Fsp3) is 0.235. The van der Waals surface area contributed by atoms with Gasteiger partial charge in [-0.1, -0.05) is 86.5 Å². The zero-order chi connectivity index (χ0) is 30.3. The van der Waals surface area contributed by atoms with E-state index in [9.17, 15) is 18.9 Å². The van der Waals surface area contributed by atoms with Crippen molar-refractivity contribution in [2.45, 2.75) is 38.7 Å². The number of carboxylic acids is 1. The van der Waals surface area contributed by atoms with Crippen LogP contribution in [0.25, 0.3) is 22.4 Å². The fourth-order valence-corrected chi connectivity index (χ4v) is 6.00. The number of aliphatic carboxylic acids is 1. The Labute approximate surface area is 245 Å². The molecule has 4 aromatic rings. The minimum Gasteiger partial charge on any atom is -0.481 e. The van der Waals surface area contributed by atoms with Crippen LogP contribution in [0.15, 0.2) is 84.9 Å². The van der Waals surface area contributed by atoms with E-state index in [0.717, 1.165) is 22.4 Å². The Morgan fingerprint density at radius 1 is 1.00 bits per heavy atom. The summed E-state index contributed by atoms with van der Waals surface area (Å²) in [5.41, 5.74) is 9.17. The van der Waals surface area contributed by atoms with Gasteiger partial charge in [0.2, 0.25) is 0 Å². The maximum atomic E-state index is 13.9. The molecule has 42 heavy (non-hydrogen) atoms. The summed E-state index contributed by atoms with van der Waals surface area (Å²) >= 11 is 0. The highest BCUT2D eigenvalue weighted by molar-refractivity contribution is 7.64. The molecule has 216 valence electrons. The van der Waals surface area contributed by atoms with Crippen molar-refractivity contribution in [2.75, 3.05) is 13.3 Å². The Hall–Kier alpha value is -4.08. The molecule has 0 amide bonds. The Kier molecular flexibility index (Phi) is 10.1. The van der Waals surface area contributed by atoms with Crippen molar-refractivity contribution >= 4 is 13.3 Å². The van der Waals surface area contributed by atoms with Crippen LogP contribution in [-0.4, -0.2) is 40.5 Å². The highest BCUT2D eigenvalue weighted by Crippen LogP contribution is 2.46. The first-order valence-electron chi connectivity index (χ1n) is 13.6. The predicted molar refractivity (Wildman–Crippen MR) is 163 cm³/mol. The maximum Gasteiger partial charge on any atom is 0.305 e. The number of aliphatic hydroxyl groups is 1. The van der Waals surface area contributed by atoms with E-state index in [1.807, 2.05) is 56.3 Å². The van der Waals surface area contributed by atoms with Gasteiger partial charge in [0, 0.05) is 18.2 Å². The van der Waals surface area contributed by atoms with Crippen LogP contribution >= 0.6 is 7.37 Å². The number of halogens is 1. The second kappa shape index (κ2) is 13.7. The number of benzene rings is 3. The van der Waals surface area contributed by atoms with Crippen molar-refractivity contribution < 1.29 is 28.5 Å². The number of hydrogen-bond donors (Lipinski definition) is 2. The van der Waals surface area contributed by atoms with Gasteiger partial charge in [-0.25, -0.2) is 4.39 Å². The van der Waals surface area contributed by atoms with Gasteiger partial charge >= 0.3 is 5.97 Å². The standard InChI is InChI=1S/C34H33FNO5P/c1-23(2)34-30(17-18-42(40,41-3)22-28(37)20-33(38)39)31(25-13-15-27(35)16-14-25)21-32(36-34)29-12-8-7-11-26(29)19-24-9-5-4-6-10-24/h4-16,21,23,28,37H,19-20,22H2,1-3H3,(H,38,39). The van der Waals surface area contributed by atoms with E-state index in [1.165, 1.54) is 19.2 Å². The lowest BCUT2D eigenvalue weighted by atomic mass is 9.91. The van der Waals surface area contributed by atoms with Crippen LogP contribution in [0.2, 0.25) is 0 Å². The van der Waals surface area contributed by atoms with Crippen molar-refractivity contribution in [2.24, 2.45) is 0 Å². The van der Waals surface area contributed by atoms with Crippen molar-refractivity contribution in [1.82, 2.24) is 4.98 Å². The number of aliphatic hydroxyl groups excluding tert-OH is 1. The van der Waals surface area contributed by atoms with Gasteiger partial charge in [-0.2, -0.15) is 0 Å². The number of nitrogens with zero attached hydrogens (tertiary/aromatic N) is 1. The summed E-state index contributed by atoms with van der Waals surface area (Å²) in [7, 11) is -2.51. The normalized spacial score (nSPS) is 13.2. The molecular formula is C34H33FNO5P. The third-order valence-corrected chi connectivity index (χ3v) is 8.73. The average molecular weight is 586 g/mol. The summed E-state index contributed by atoms with van der Waals surface area (Å²) in [4.78, 5) is 16.1. The molecule has 2 unspecified atom stereocenters. The Morgan fingerprint density at radius 2 is 1.67 bits per heavy atom. The average Bonchev–Trinajstić information content (AvgIpc) is 2.96. The molecule has 6 nitrogen and oxygen atoms in total. The first-order chi connectivity index (χ1) is 20.1.